The van der Waals surface area contributed by atoms with Crippen LogP contribution in [0.25, 0.3) is 0 Å². The summed E-state index contributed by atoms with van der Waals surface area (Å²) in [6, 6.07) is 3.68. The van der Waals surface area contributed by atoms with Crippen LogP contribution in [0.3, 0.4) is 0 Å². The Kier molecular flexibility index (Phi) is 6.05. The predicted octanol–water partition coefficient (Wildman–Crippen LogP) is 1.16. The lowest BCUT2D eigenvalue weighted by Crippen LogP contribution is -2.27. The number of benzene rings is 1. The van der Waals surface area contributed by atoms with Gasteiger partial charge in [-0.05, 0) is 18.2 Å². The lowest BCUT2D eigenvalue weighted by atomic mass is 10.2. The molecule has 6 nitrogen and oxygen atoms in total. The minimum atomic E-state index is -3.87. The van der Waals surface area contributed by atoms with E-state index in [9.17, 15) is 13.2 Å². The maximum atomic E-state index is 12.1. The standard InChI is InChI=1S/C12H16N2O4S2/c1-2-6-19-7-5-14-20(17,18)11-4-3-9(13)8-10(11)12(15)16/h2-4,8,14H,1,5-7,13H2,(H,15,16). The summed E-state index contributed by atoms with van der Waals surface area (Å²) in [6.07, 6.45) is 1.72. The number of hydrogen-bond acceptors (Lipinski definition) is 5. The number of carboxylic acids is 1. The number of thioether (sulfide) groups is 1. The normalized spacial score (nSPS) is 11.2. The number of rotatable bonds is 8. The van der Waals surface area contributed by atoms with Crippen LogP contribution in [0.5, 0.6) is 0 Å². The van der Waals surface area contributed by atoms with Gasteiger partial charge in [0.05, 0.1) is 10.5 Å². The van der Waals surface area contributed by atoms with Crippen LogP contribution in [-0.2, 0) is 10.0 Å². The third-order valence-electron chi connectivity index (χ3n) is 2.30. The molecule has 4 N–H and O–H groups in total. The minimum Gasteiger partial charge on any atom is -0.478 e. The van der Waals surface area contributed by atoms with Crippen LogP contribution < -0.4 is 10.5 Å². The molecule has 1 rings (SSSR count). The molecule has 0 radical (unpaired) electrons. The number of anilines is 1. The first kappa shape index (κ1) is 16.5. The molecule has 8 heteroatoms. The fourth-order valence-corrected chi connectivity index (χ4v) is 3.36. The summed E-state index contributed by atoms with van der Waals surface area (Å²) >= 11 is 1.52. The van der Waals surface area contributed by atoms with E-state index in [0.29, 0.717) is 5.75 Å². The largest absolute Gasteiger partial charge is 0.478 e. The van der Waals surface area contributed by atoms with E-state index in [0.717, 1.165) is 11.8 Å². The topological polar surface area (TPSA) is 109 Å². The van der Waals surface area contributed by atoms with Gasteiger partial charge in [-0.2, -0.15) is 11.8 Å². The van der Waals surface area contributed by atoms with Gasteiger partial charge >= 0.3 is 5.97 Å². The SMILES string of the molecule is C=CCSCCNS(=O)(=O)c1ccc(N)cc1C(=O)O. The minimum absolute atomic E-state index is 0.197. The Balaban J connectivity index is 2.87. The second-order valence-corrected chi connectivity index (χ2v) is 6.71. The van der Waals surface area contributed by atoms with Crippen molar-refractivity contribution in [2.75, 3.05) is 23.8 Å². The van der Waals surface area contributed by atoms with E-state index in [1.54, 1.807) is 6.08 Å². The summed E-state index contributed by atoms with van der Waals surface area (Å²) in [5.74, 6) is -0.0363. The molecule has 0 spiro atoms. The van der Waals surface area contributed by atoms with Crippen LogP contribution >= 0.6 is 11.8 Å². The summed E-state index contributed by atoms with van der Waals surface area (Å²) in [4.78, 5) is 10.8. The van der Waals surface area contributed by atoms with Crippen LogP contribution in [0.1, 0.15) is 10.4 Å². The van der Waals surface area contributed by atoms with Gasteiger partial charge in [-0.3, -0.25) is 0 Å². The third-order valence-corrected chi connectivity index (χ3v) is 4.78. The first-order valence-electron chi connectivity index (χ1n) is 5.69. The fraction of sp³-hybridized carbons (Fsp3) is 0.250. The fourth-order valence-electron chi connectivity index (χ4n) is 1.44. The lowest BCUT2D eigenvalue weighted by Gasteiger charge is -2.09. The van der Waals surface area contributed by atoms with Gasteiger partial charge in [0.15, 0.2) is 0 Å². The molecule has 0 aromatic heterocycles. The van der Waals surface area contributed by atoms with Gasteiger partial charge in [0.1, 0.15) is 0 Å². The number of carboxylic acid groups (broad SMARTS) is 1. The molecule has 0 atom stereocenters. The van der Waals surface area contributed by atoms with Crippen LogP contribution in [0.4, 0.5) is 5.69 Å². The second-order valence-electron chi connectivity index (χ2n) is 3.82. The molecule has 0 aliphatic rings. The molecular weight excluding hydrogens is 300 g/mol. The third kappa shape index (κ3) is 4.55. The summed E-state index contributed by atoms with van der Waals surface area (Å²) in [7, 11) is -3.87. The number of nitrogens with two attached hydrogens (primary N) is 1. The molecule has 1 aromatic carbocycles. The summed E-state index contributed by atoms with van der Waals surface area (Å²) < 4.78 is 26.5. The molecule has 0 fully saturated rings. The van der Waals surface area contributed by atoms with Crippen LogP contribution in [0.15, 0.2) is 35.7 Å². The highest BCUT2D eigenvalue weighted by Crippen LogP contribution is 2.18. The number of carbonyl (C=O) groups is 1. The molecular formula is C12H16N2O4S2. The van der Waals surface area contributed by atoms with E-state index in [1.165, 1.54) is 23.9 Å². The van der Waals surface area contributed by atoms with E-state index >= 15 is 0 Å². The highest BCUT2D eigenvalue weighted by molar-refractivity contribution is 7.99. The van der Waals surface area contributed by atoms with Crippen molar-refractivity contribution in [3.63, 3.8) is 0 Å². The number of nitrogens with one attached hydrogen (secondary N) is 1. The summed E-state index contributed by atoms with van der Waals surface area (Å²) in [6.45, 7) is 3.77. The van der Waals surface area contributed by atoms with Gasteiger partial charge in [0.25, 0.3) is 0 Å². The Labute approximate surface area is 122 Å². The van der Waals surface area contributed by atoms with E-state index in [4.69, 9.17) is 10.8 Å². The van der Waals surface area contributed by atoms with Crippen molar-refractivity contribution in [2.45, 2.75) is 4.90 Å². The van der Waals surface area contributed by atoms with Gasteiger partial charge < -0.3 is 10.8 Å². The van der Waals surface area contributed by atoms with Crippen molar-refractivity contribution in [3.05, 3.63) is 36.4 Å². The Morgan fingerprint density at radius 1 is 1.50 bits per heavy atom. The van der Waals surface area contributed by atoms with Crippen LogP contribution in [-0.4, -0.2) is 37.5 Å². The van der Waals surface area contributed by atoms with Gasteiger partial charge in [0, 0.05) is 23.7 Å². The first-order valence-corrected chi connectivity index (χ1v) is 8.33. The Morgan fingerprint density at radius 3 is 2.80 bits per heavy atom. The van der Waals surface area contributed by atoms with E-state index in [2.05, 4.69) is 11.3 Å². The van der Waals surface area contributed by atoms with Crippen molar-refractivity contribution in [3.8, 4) is 0 Å². The smallest absolute Gasteiger partial charge is 0.337 e. The molecule has 0 saturated carbocycles. The lowest BCUT2D eigenvalue weighted by molar-refractivity contribution is 0.0692. The van der Waals surface area contributed by atoms with Gasteiger partial charge in [-0.25, -0.2) is 17.9 Å². The average molecular weight is 316 g/mol. The van der Waals surface area contributed by atoms with Gasteiger partial charge in [0.2, 0.25) is 10.0 Å². The monoisotopic (exact) mass is 316 g/mol. The molecule has 0 aliphatic heterocycles. The van der Waals surface area contributed by atoms with Gasteiger partial charge in [-0.1, -0.05) is 6.08 Å². The molecule has 0 unspecified atom stereocenters. The zero-order valence-corrected chi connectivity index (χ0v) is 12.3. The molecule has 1 aromatic rings. The van der Waals surface area contributed by atoms with Crippen molar-refractivity contribution in [2.24, 2.45) is 0 Å². The zero-order valence-electron chi connectivity index (χ0n) is 10.7. The number of hydrogen-bond donors (Lipinski definition) is 3. The van der Waals surface area contributed by atoms with Gasteiger partial charge in [-0.15, -0.1) is 6.58 Å². The molecule has 110 valence electrons. The number of aromatic carboxylic acids is 1. The van der Waals surface area contributed by atoms with E-state index in [1.807, 2.05) is 0 Å². The Bertz CT molecular complexity index is 599. The van der Waals surface area contributed by atoms with Crippen molar-refractivity contribution in [1.82, 2.24) is 4.72 Å². The predicted molar refractivity (Wildman–Crippen MR) is 80.5 cm³/mol. The molecule has 0 bridgehead atoms. The van der Waals surface area contributed by atoms with Crippen LogP contribution in [0, 0.1) is 0 Å². The Morgan fingerprint density at radius 2 is 2.20 bits per heavy atom. The number of sulfonamides is 1. The molecule has 20 heavy (non-hydrogen) atoms. The summed E-state index contributed by atoms with van der Waals surface area (Å²) in [5, 5.41) is 9.03. The molecule has 0 heterocycles. The van der Waals surface area contributed by atoms with Crippen molar-refractivity contribution >= 4 is 33.4 Å². The Hall–Kier alpha value is -1.51. The van der Waals surface area contributed by atoms with Crippen molar-refractivity contribution in [1.29, 1.82) is 0 Å². The number of nitrogen functional groups attached to an aromatic ring is 1. The molecule has 0 aliphatic carbocycles. The average Bonchev–Trinajstić information content (AvgIpc) is 2.38. The highest BCUT2D eigenvalue weighted by Gasteiger charge is 2.21. The molecule has 0 saturated heterocycles. The first-order chi connectivity index (χ1) is 9.38. The highest BCUT2D eigenvalue weighted by atomic mass is 32.2. The quantitative estimate of drug-likeness (QED) is 0.377. The maximum Gasteiger partial charge on any atom is 0.337 e. The van der Waals surface area contributed by atoms with Crippen LogP contribution in [0.2, 0.25) is 0 Å². The maximum absolute atomic E-state index is 12.1. The molecule has 0 amide bonds. The van der Waals surface area contributed by atoms with E-state index < -0.39 is 16.0 Å². The zero-order chi connectivity index (χ0) is 15.2. The summed E-state index contributed by atoms with van der Waals surface area (Å²) in [5.41, 5.74) is 5.33. The van der Waals surface area contributed by atoms with E-state index in [-0.39, 0.29) is 22.7 Å². The second kappa shape index (κ2) is 7.32. The van der Waals surface area contributed by atoms with Crippen molar-refractivity contribution < 1.29 is 18.3 Å².